The highest BCUT2D eigenvalue weighted by Crippen LogP contribution is 2.18. The first kappa shape index (κ1) is 20.7. The number of aromatic amines is 1. The molecule has 0 saturated carbocycles. The van der Waals surface area contributed by atoms with E-state index < -0.39 is 0 Å². The first-order valence-corrected chi connectivity index (χ1v) is 10.4. The molecular formula is C23H25N5O3. The van der Waals surface area contributed by atoms with Gasteiger partial charge in [0.05, 0.1) is 5.52 Å². The summed E-state index contributed by atoms with van der Waals surface area (Å²) < 4.78 is 0. The van der Waals surface area contributed by atoms with Crippen LogP contribution in [0.15, 0.2) is 48.5 Å². The normalized spacial score (nSPS) is 14.5. The summed E-state index contributed by atoms with van der Waals surface area (Å²) >= 11 is 0. The smallest absolute Gasteiger partial charge is 0.275 e. The second-order valence-electron chi connectivity index (χ2n) is 7.68. The molecule has 2 amide bonds. The van der Waals surface area contributed by atoms with Crippen molar-refractivity contribution in [1.29, 1.82) is 0 Å². The van der Waals surface area contributed by atoms with Gasteiger partial charge in [0.2, 0.25) is 5.91 Å². The van der Waals surface area contributed by atoms with Crippen LogP contribution in [-0.4, -0.2) is 70.3 Å². The molecule has 4 rings (SSSR count). The lowest BCUT2D eigenvalue weighted by Gasteiger charge is -2.34. The van der Waals surface area contributed by atoms with Crippen LogP contribution in [0, 0.1) is 0 Å². The van der Waals surface area contributed by atoms with E-state index in [0.29, 0.717) is 56.1 Å². The Labute approximate surface area is 180 Å². The minimum Gasteiger partial charge on any atom is -0.335 e. The summed E-state index contributed by atoms with van der Waals surface area (Å²) in [6, 6.07) is 14.5. The van der Waals surface area contributed by atoms with Crippen LogP contribution in [0.4, 0.5) is 5.69 Å². The molecule has 3 aromatic rings. The maximum Gasteiger partial charge on any atom is 0.275 e. The van der Waals surface area contributed by atoms with Gasteiger partial charge < -0.3 is 10.2 Å². The van der Waals surface area contributed by atoms with Crippen LogP contribution in [0.1, 0.15) is 34.2 Å². The van der Waals surface area contributed by atoms with E-state index in [2.05, 4.69) is 20.4 Å². The zero-order valence-electron chi connectivity index (χ0n) is 17.4. The highest BCUT2D eigenvalue weighted by Gasteiger charge is 2.25. The van der Waals surface area contributed by atoms with Crippen LogP contribution >= 0.6 is 0 Å². The van der Waals surface area contributed by atoms with E-state index in [1.165, 1.54) is 6.92 Å². The van der Waals surface area contributed by atoms with Crippen molar-refractivity contribution < 1.29 is 14.4 Å². The van der Waals surface area contributed by atoms with Crippen molar-refractivity contribution in [2.24, 2.45) is 0 Å². The van der Waals surface area contributed by atoms with Gasteiger partial charge in [-0.05, 0) is 37.3 Å². The van der Waals surface area contributed by atoms with Crippen LogP contribution in [0.25, 0.3) is 10.9 Å². The summed E-state index contributed by atoms with van der Waals surface area (Å²) in [5.41, 5.74) is 2.61. The highest BCUT2D eigenvalue weighted by atomic mass is 16.2. The van der Waals surface area contributed by atoms with Crippen LogP contribution in [-0.2, 0) is 4.79 Å². The molecule has 2 heterocycles. The van der Waals surface area contributed by atoms with Gasteiger partial charge in [0, 0.05) is 55.8 Å². The number of rotatable bonds is 6. The van der Waals surface area contributed by atoms with Gasteiger partial charge in [-0.3, -0.25) is 24.4 Å². The van der Waals surface area contributed by atoms with E-state index >= 15 is 0 Å². The molecule has 0 atom stereocenters. The minimum absolute atomic E-state index is 0.00373. The quantitative estimate of drug-likeness (QED) is 0.599. The summed E-state index contributed by atoms with van der Waals surface area (Å²) in [6.07, 6.45) is 0.367. The molecule has 0 unspecified atom stereocenters. The van der Waals surface area contributed by atoms with Crippen LogP contribution in [0.2, 0.25) is 0 Å². The molecule has 160 valence electrons. The van der Waals surface area contributed by atoms with Crippen LogP contribution in [0.3, 0.4) is 0 Å². The monoisotopic (exact) mass is 419 g/mol. The number of carbonyl (C=O) groups excluding carboxylic acids is 3. The number of para-hydroxylation sites is 1. The van der Waals surface area contributed by atoms with Crippen molar-refractivity contribution in [1.82, 2.24) is 20.0 Å². The average Bonchev–Trinajstić information content (AvgIpc) is 3.22. The minimum atomic E-state index is -0.0722. The van der Waals surface area contributed by atoms with Crippen molar-refractivity contribution in [2.75, 3.05) is 38.0 Å². The molecule has 31 heavy (non-hydrogen) atoms. The van der Waals surface area contributed by atoms with Gasteiger partial charge in [-0.15, -0.1) is 0 Å². The first-order valence-electron chi connectivity index (χ1n) is 10.4. The molecule has 8 heteroatoms. The fraction of sp³-hybridized carbons (Fsp3) is 0.304. The molecule has 1 aromatic heterocycles. The third-order valence-electron chi connectivity index (χ3n) is 5.56. The molecule has 0 aliphatic carbocycles. The van der Waals surface area contributed by atoms with E-state index in [1.54, 1.807) is 24.3 Å². The Morgan fingerprint density at radius 2 is 1.71 bits per heavy atom. The SMILES string of the molecule is CC(=O)c1ccc(NC(=O)CCN2CCN(C(=O)c3n[nH]c4ccccc34)CC2)cc1. The number of benzene rings is 2. The third kappa shape index (κ3) is 4.80. The molecule has 1 aliphatic heterocycles. The number of carbonyl (C=O) groups is 3. The topological polar surface area (TPSA) is 98.4 Å². The van der Waals surface area contributed by atoms with Crippen molar-refractivity contribution in [2.45, 2.75) is 13.3 Å². The summed E-state index contributed by atoms with van der Waals surface area (Å²) in [7, 11) is 0. The van der Waals surface area contributed by atoms with Crippen LogP contribution in [0.5, 0.6) is 0 Å². The molecule has 0 radical (unpaired) electrons. The Morgan fingerprint density at radius 3 is 2.42 bits per heavy atom. The van der Waals surface area contributed by atoms with Gasteiger partial charge in [0.1, 0.15) is 0 Å². The van der Waals surface area contributed by atoms with E-state index in [9.17, 15) is 14.4 Å². The van der Waals surface area contributed by atoms with E-state index in [1.807, 2.05) is 29.2 Å². The maximum atomic E-state index is 12.9. The number of fused-ring (bicyclic) bond motifs is 1. The third-order valence-corrected chi connectivity index (χ3v) is 5.56. The van der Waals surface area contributed by atoms with Gasteiger partial charge in [-0.1, -0.05) is 18.2 Å². The number of H-pyrrole nitrogens is 1. The summed E-state index contributed by atoms with van der Waals surface area (Å²) in [5.74, 6) is -0.142. The standard InChI is InChI=1S/C23H25N5O3/c1-16(29)17-6-8-18(9-7-17)24-21(30)10-11-27-12-14-28(15-13-27)23(31)22-19-4-2-3-5-20(19)25-26-22/h2-9H,10-15H2,1H3,(H,24,30)(H,25,26). The number of amides is 2. The average molecular weight is 419 g/mol. The number of hydrogen-bond donors (Lipinski definition) is 2. The summed E-state index contributed by atoms with van der Waals surface area (Å²) in [6.45, 7) is 4.79. The van der Waals surface area contributed by atoms with E-state index in [4.69, 9.17) is 0 Å². The Kier molecular flexibility index (Phi) is 6.08. The largest absolute Gasteiger partial charge is 0.335 e. The van der Waals surface area contributed by atoms with Crippen molar-refractivity contribution in [3.63, 3.8) is 0 Å². The highest BCUT2D eigenvalue weighted by molar-refractivity contribution is 6.04. The molecule has 0 bridgehead atoms. The summed E-state index contributed by atoms with van der Waals surface area (Å²) in [5, 5.41) is 10.8. The number of Topliss-reactive ketones (excluding diaryl/α,β-unsaturated/α-hetero) is 1. The predicted molar refractivity (Wildman–Crippen MR) is 118 cm³/mol. The van der Waals surface area contributed by atoms with Crippen molar-refractivity contribution >= 4 is 34.2 Å². The fourth-order valence-corrected chi connectivity index (χ4v) is 3.72. The molecule has 2 aromatic carbocycles. The molecular weight excluding hydrogens is 394 g/mol. The predicted octanol–water partition coefficient (Wildman–Crippen LogP) is 2.55. The number of ketones is 1. The van der Waals surface area contributed by atoms with Gasteiger partial charge in [-0.25, -0.2) is 0 Å². The molecule has 8 nitrogen and oxygen atoms in total. The van der Waals surface area contributed by atoms with Crippen molar-refractivity contribution in [3.8, 4) is 0 Å². The number of aromatic nitrogens is 2. The second-order valence-corrected chi connectivity index (χ2v) is 7.68. The lowest BCUT2D eigenvalue weighted by molar-refractivity contribution is -0.116. The van der Waals surface area contributed by atoms with Gasteiger partial charge >= 0.3 is 0 Å². The Balaban J connectivity index is 1.24. The van der Waals surface area contributed by atoms with Crippen molar-refractivity contribution in [3.05, 3.63) is 59.8 Å². The second kappa shape index (κ2) is 9.09. The lowest BCUT2D eigenvalue weighted by atomic mass is 10.1. The number of nitrogens with zero attached hydrogens (tertiary/aromatic N) is 3. The Bertz CT molecular complexity index is 1100. The van der Waals surface area contributed by atoms with Crippen LogP contribution < -0.4 is 5.32 Å². The first-order chi connectivity index (χ1) is 15.0. The fourth-order valence-electron chi connectivity index (χ4n) is 3.72. The maximum absolute atomic E-state index is 12.9. The molecule has 2 N–H and O–H groups in total. The van der Waals surface area contributed by atoms with E-state index in [-0.39, 0.29) is 17.6 Å². The van der Waals surface area contributed by atoms with Gasteiger partial charge in [0.15, 0.2) is 11.5 Å². The zero-order valence-corrected chi connectivity index (χ0v) is 17.4. The molecule has 1 aliphatic rings. The Morgan fingerprint density at radius 1 is 1.00 bits per heavy atom. The zero-order chi connectivity index (χ0) is 21.8. The number of hydrogen-bond acceptors (Lipinski definition) is 5. The summed E-state index contributed by atoms with van der Waals surface area (Å²) in [4.78, 5) is 40.4. The van der Waals surface area contributed by atoms with Gasteiger partial charge in [0.25, 0.3) is 5.91 Å². The number of piperazine rings is 1. The van der Waals surface area contributed by atoms with E-state index in [0.717, 1.165) is 10.9 Å². The molecule has 0 spiro atoms. The number of anilines is 1. The number of nitrogens with one attached hydrogen (secondary N) is 2. The Hall–Kier alpha value is -3.52. The molecule has 1 saturated heterocycles. The molecule has 1 fully saturated rings. The van der Waals surface area contributed by atoms with Gasteiger partial charge in [-0.2, -0.15) is 5.10 Å². The lowest BCUT2D eigenvalue weighted by Crippen LogP contribution is -2.49.